The summed E-state index contributed by atoms with van der Waals surface area (Å²) >= 11 is 0. The van der Waals surface area contributed by atoms with E-state index in [4.69, 9.17) is 0 Å². The number of carbonyl (C=O) groups is 1. The summed E-state index contributed by atoms with van der Waals surface area (Å²) in [7, 11) is -3.35. The van der Waals surface area contributed by atoms with Gasteiger partial charge in [-0.1, -0.05) is 13.8 Å². The first-order valence-corrected chi connectivity index (χ1v) is 8.84. The first-order valence-electron chi connectivity index (χ1n) is 7.23. The minimum atomic E-state index is -3.35. The quantitative estimate of drug-likeness (QED) is 0.716. The van der Waals surface area contributed by atoms with Crippen LogP contribution in [0.5, 0.6) is 0 Å². The lowest BCUT2D eigenvalue weighted by Gasteiger charge is -2.26. The van der Waals surface area contributed by atoms with Gasteiger partial charge in [0, 0.05) is 13.1 Å². The number of aliphatic hydroxyl groups is 1. The maximum absolute atomic E-state index is 12.1. The van der Waals surface area contributed by atoms with Gasteiger partial charge in [-0.25, -0.2) is 8.42 Å². The number of hydrogen-bond acceptors (Lipinski definition) is 4. The van der Waals surface area contributed by atoms with Crippen molar-refractivity contribution in [1.82, 2.24) is 9.62 Å². The van der Waals surface area contributed by atoms with Crippen LogP contribution in [0, 0.1) is 0 Å². The third-order valence-electron chi connectivity index (χ3n) is 3.73. The molecule has 118 valence electrons. The molecule has 0 aromatic heterocycles. The predicted octanol–water partition coefficient (Wildman–Crippen LogP) is 0.468. The van der Waals surface area contributed by atoms with Crippen LogP contribution in [0.15, 0.2) is 0 Å². The highest BCUT2D eigenvalue weighted by molar-refractivity contribution is 7.89. The molecule has 0 aliphatic carbocycles. The van der Waals surface area contributed by atoms with Crippen molar-refractivity contribution in [2.45, 2.75) is 58.1 Å². The molecule has 0 spiro atoms. The van der Waals surface area contributed by atoms with E-state index in [-0.39, 0.29) is 18.2 Å². The third-order valence-corrected chi connectivity index (χ3v) is 5.81. The topological polar surface area (TPSA) is 86.7 Å². The highest BCUT2D eigenvalue weighted by Crippen LogP contribution is 2.22. The largest absolute Gasteiger partial charge is 0.388 e. The SMILES string of the molecule is CCCS(=O)(=O)N1CCCC1C(=O)NCC(C)(O)CC. The van der Waals surface area contributed by atoms with Crippen LogP contribution in [-0.2, 0) is 14.8 Å². The number of amides is 1. The minimum Gasteiger partial charge on any atom is -0.388 e. The Morgan fingerprint density at radius 3 is 2.65 bits per heavy atom. The van der Waals surface area contributed by atoms with Gasteiger partial charge in [-0.05, 0) is 32.6 Å². The van der Waals surface area contributed by atoms with Gasteiger partial charge in [0.15, 0.2) is 0 Å². The molecular formula is C13H26N2O4S. The number of rotatable bonds is 7. The number of sulfonamides is 1. The van der Waals surface area contributed by atoms with Crippen LogP contribution in [0.2, 0.25) is 0 Å². The average molecular weight is 306 g/mol. The molecule has 1 rings (SSSR count). The highest BCUT2D eigenvalue weighted by Gasteiger charge is 2.38. The van der Waals surface area contributed by atoms with Gasteiger partial charge in [-0.2, -0.15) is 4.31 Å². The van der Waals surface area contributed by atoms with Crippen molar-refractivity contribution in [1.29, 1.82) is 0 Å². The Morgan fingerprint density at radius 1 is 1.45 bits per heavy atom. The molecule has 1 saturated heterocycles. The van der Waals surface area contributed by atoms with E-state index in [2.05, 4.69) is 5.32 Å². The van der Waals surface area contributed by atoms with Gasteiger partial charge in [0.05, 0.1) is 11.4 Å². The van der Waals surface area contributed by atoms with E-state index in [0.29, 0.717) is 32.2 Å². The molecule has 0 saturated carbocycles. The van der Waals surface area contributed by atoms with Gasteiger partial charge in [0.25, 0.3) is 0 Å². The maximum Gasteiger partial charge on any atom is 0.238 e. The normalized spacial score (nSPS) is 23.5. The minimum absolute atomic E-state index is 0.0729. The summed E-state index contributed by atoms with van der Waals surface area (Å²) in [5.74, 6) is -0.236. The molecule has 1 amide bonds. The lowest BCUT2D eigenvalue weighted by Crippen LogP contribution is -2.49. The molecule has 2 N–H and O–H groups in total. The molecule has 1 heterocycles. The zero-order valence-electron chi connectivity index (χ0n) is 12.6. The molecule has 20 heavy (non-hydrogen) atoms. The molecular weight excluding hydrogens is 280 g/mol. The van der Waals surface area contributed by atoms with Crippen LogP contribution < -0.4 is 5.32 Å². The number of nitrogens with zero attached hydrogens (tertiary/aromatic N) is 1. The number of hydrogen-bond donors (Lipinski definition) is 2. The predicted molar refractivity (Wildman–Crippen MR) is 77.7 cm³/mol. The van der Waals surface area contributed by atoms with Crippen LogP contribution in [0.25, 0.3) is 0 Å². The van der Waals surface area contributed by atoms with Crippen molar-refractivity contribution in [2.75, 3.05) is 18.8 Å². The van der Waals surface area contributed by atoms with Gasteiger partial charge in [-0.3, -0.25) is 4.79 Å². The standard InChI is InChI=1S/C13H26N2O4S/c1-4-9-20(18,19)15-8-6-7-11(15)12(16)14-10-13(3,17)5-2/h11,17H,4-10H2,1-3H3,(H,14,16). The fourth-order valence-electron chi connectivity index (χ4n) is 2.23. The van der Waals surface area contributed by atoms with Gasteiger partial charge in [0.1, 0.15) is 6.04 Å². The number of nitrogens with one attached hydrogen (secondary N) is 1. The Morgan fingerprint density at radius 2 is 2.10 bits per heavy atom. The fraction of sp³-hybridized carbons (Fsp3) is 0.923. The summed E-state index contributed by atoms with van der Waals surface area (Å²) < 4.78 is 25.5. The molecule has 0 aromatic carbocycles. The van der Waals surface area contributed by atoms with E-state index in [0.717, 1.165) is 0 Å². The Labute approximate surface area is 121 Å². The van der Waals surface area contributed by atoms with Crippen molar-refractivity contribution in [3.05, 3.63) is 0 Å². The second-order valence-corrected chi connectivity index (χ2v) is 7.69. The Hall–Kier alpha value is -0.660. The molecule has 6 nitrogen and oxygen atoms in total. The fourth-order valence-corrected chi connectivity index (χ4v) is 3.98. The second kappa shape index (κ2) is 6.87. The van der Waals surface area contributed by atoms with Crippen LogP contribution >= 0.6 is 0 Å². The first kappa shape index (κ1) is 17.4. The first-order chi connectivity index (χ1) is 9.23. The number of carbonyl (C=O) groups excluding carboxylic acids is 1. The van der Waals surface area contributed by atoms with E-state index in [1.807, 2.05) is 6.92 Å². The summed E-state index contributed by atoms with van der Waals surface area (Å²) in [6, 6.07) is -0.626. The van der Waals surface area contributed by atoms with Gasteiger partial charge in [0.2, 0.25) is 15.9 Å². The Balaban J connectivity index is 2.68. The van der Waals surface area contributed by atoms with Crippen LogP contribution in [0.4, 0.5) is 0 Å². The lowest BCUT2D eigenvalue weighted by atomic mass is 10.0. The van der Waals surface area contributed by atoms with E-state index >= 15 is 0 Å². The Bertz CT molecular complexity index is 434. The summed E-state index contributed by atoms with van der Waals surface area (Å²) in [5.41, 5.74) is -0.957. The Kier molecular flexibility index (Phi) is 5.97. The van der Waals surface area contributed by atoms with Crippen LogP contribution in [0.1, 0.15) is 46.5 Å². The van der Waals surface area contributed by atoms with E-state index in [1.165, 1.54) is 4.31 Å². The molecule has 2 atom stereocenters. The van der Waals surface area contributed by atoms with Gasteiger partial charge >= 0.3 is 0 Å². The maximum atomic E-state index is 12.1. The van der Waals surface area contributed by atoms with Crippen molar-refractivity contribution in [3.8, 4) is 0 Å². The zero-order valence-corrected chi connectivity index (χ0v) is 13.4. The van der Waals surface area contributed by atoms with Crippen molar-refractivity contribution in [2.24, 2.45) is 0 Å². The average Bonchev–Trinajstić information content (AvgIpc) is 2.86. The molecule has 1 fully saturated rings. The summed E-state index contributed by atoms with van der Waals surface area (Å²) in [4.78, 5) is 12.1. The molecule has 7 heteroatoms. The van der Waals surface area contributed by atoms with Gasteiger partial charge in [-0.15, -0.1) is 0 Å². The van der Waals surface area contributed by atoms with Crippen molar-refractivity contribution < 1.29 is 18.3 Å². The van der Waals surface area contributed by atoms with E-state index < -0.39 is 21.7 Å². The molecule has 0 aromatic rings. The van der Waals surface area contributed by atoms with Crippen LogP contribution in [0.3, 0.4) is 0 Å². The second-order valence-electron chi connectivity index (χ2n) is 5.65. The third kappa shape index (κ3) is 4.43. The van der Waals surface area contributed by atoms with Crippen molar-refractivity contribution >= 4 is 15.9 Å². The zero-order chi connectivity index (χ0) is 15.4. The van der Waals surface area contributed by atoms with E-state index in [1.54, 1.807) is 13.8 Å². The summed E-state index contributed by atoms with van der Waals surface area (Å²) in [5, 5.41) is 12.5. The monoisotopic (exact) mass is 306 g/mol. The molecule has 0 bridgehead atoms. The highest BCUT2D eigenvalue weighted by atomic mass is 32.2. The summed E-state index contributed by atoms with van der Waals surface area (Å²) in [6.07, 6.45) is 2.31. The van der Waals surface area contributed by atoms with E-state index in [9.17, 15) is 18.3 Å². The molecule has 1 aliphatic heterocycles. The molecule has 2 unspecified atom stereocenters. The lowest BCUT2D eigenvalue weighted by molar-refractivity contribution is -0.125. The molecule has 1 aliphatic rings. The smallest absolute Gasteiger partial charge is 0.238 e. The van der Waals surface area contributed by atoms with Crippen LogP contribution in [-0.4, -0.2) is 54.2 Å². The van der Waals surface area contributed by atoms with Crippen molar-refractivity contribution in [3.63, 3.8) is 0 Å². The summed E-state index contributed by atoms with van der Waals surface area (Å²) in [6.45, 7) is 5.83. The molecule has 0 radical (unpaired) electrons. The van der Waals surface area contributed by atoms with Gasteiger partial charge < -0.3 is 10.4 Å².